The number of nitrogens with two attached hydrogens (primary N) is 1. The highest BCUT2D eigenvalue weighted by atomic mass is 19.2. The lowest BCUT2D eigenvalue weighted by Crippen LogP contribution is -2.17. The van der Waals surface area contributed by atoms with Gasteiger partial charge in [0.05, 0.1) is 5.69 Å². The molecule has 0 unspecified atom stereocenters. The molecule has 8 heteroatoms. The summed E-state index contributed by atoms with van der Waals surface area (Å²) in [5.41, 5.74) is 1.92. The van der Waals surface area contributed by atoms with Gasteiger partial charge in [0.2, 0.25) is 0 Å². The molecule has 2 aromatic rings. The summed E-state index contributed by atoms with van der Waals surface area (Å²) in [4.78, 5) is 11.7. The fraction of sp³-hybridized carbons (Fsp3) is 0. The summed E-state index contributed by atoms with van der Waals surface area (Å²) in [6.07, 6.45) is 0. The SMILES string of the molecule is NNc1ccc(C(=O)Nc2cccc(F)c2F)nn1. The van der Waals surface area contributed by atoms with Crippen LogP contribution in [0.25, 0.3) is 0 Å². The lowest BCUT2D eigenvalue weighted by atomic mass is 10.2. The molecule has 1 aromatic carbocycles. The molecule has 0 fully saturated rings. The topological polar surface area (TPSA) is 92.9 Å². The van der Waals surface area contributed by atoms with Crippen molar-refractivity contribution in [3.63, 3.8) is 0 Å². The van der Waals surface area contributed by atoms with E-state index in [1.807, 2.05) is 0 Å². The van der Waals surface area contributed by atoms with Crippen molar-refractivity contribution in [2.75, 3.05) is 10.7 Å². The van der Waals surface area contributed by atoms with E-state index in [1.165, 1.54) is 24.3 Å². The Labute approximate surface area is 106 Å². The van der Waals surface area contributed by atoms with Crippen LogP contribution in [0.15, 0.2) is 30.3 Å². The number of hydrazine groups is 1. The van der Waals surface area contributed by atoms with Crippen molar-refractivity contribution in [1.29, 1.82) is 0 Å². The van der Waals surface area contributed by atoms with E-state index in [4.69, 9.17) is 5.84 Å². The zero-order valence-electron chi connectivity index (χ0n) is 9.52. The molecule has 1 heterocycles. The van der Waals surface area contributed by atoms with Gasteiger partial charge < -0.3 is 10.7 Å². The molecular weight excluding hydrogens is 256 g/mol. The Bertz CT molecular complexity index is 603. The minimum atomic E-state index is -1.14. The fourth-order valence-electron chi connectivity index (χ4n) is 1.32. The predicted octanol–water partition coefficient (Wildman–Crippen LogP) is 1.29. The average molecular weight is 265 g/mol. The predicted molar refractivity (Wildman–Crippen MR) is 64.2 cm³/mol. The average Bonchev–Trinajstić information content (AvgIpc) is 2.44. The molecule has 0 aliphatic rings. The van der Waals surface area contributed by atoms with E-state index in [0.29, 0.717) is 0 Å². The first-order valence-corrected chi connectivity index (χ1v) is 5.17. The highest BCUT2D eigenvalue weighted by molar-refractivity contribution is 6.02. The third-order valence-corrected chi connectivity index (χ3v) is 2.24. The van der Waals surface area contributed by atoms with E-state index < -0.39 is 17.5 Å². The van der Waals surface area contributed by atoms with Crippen LogP contribution in [0.5, 0.6) is 0 Å². The molecule has 6 nitrogen and oxygen atoms in total. The maximum atomic E-state index is 13.3. The minimum Gasteiger partial charge on any atom is -0.318 e. The van der Waals surface area contributed by atoms with Crippen LogP contribution in [0.1, 0.15) is 10.5 Å². The molecule has 0 radical (unpaired) electrons. The second-order valence-electron chi connectivity index (χ2n) is 3.50. The van der Waals surface area contributed by atoms with Gasteiger partial charge in [-0.05, 0) is 24.3 Å². The summed E-state index contributed by atoms with van der Waals surface area (Å²) < 4.78 is 26.3. The van der Waals surface area contributed by atoms with Crippen molar-refractivity contribution in [3.05, 3.63) is 47.7 Å². The number of nitrogens with zero attached hydrogens (tertiary/aromatic N) is 2. The Morgan fingerprint density at radius 1 is 1.16 bits per heavy atom. The number of rotatable bonds is 3. The van der Waals surface area contributed by atoms with Crippen molar-refractivity contribution in [1.82, 2.24) is 10.2 Å². The molecule has 0 saturated heterocycles. The molecular formula is C11H9F2N5O. The number of aromatic nitrogens is 2. The standard InChI is InChI=1S/C11H9F2N5O/c12-6-2-1-3-7(10(6)13)15-11(19)8-4-5-9(16-14)18-17-8/h1-5H,14H2,(H,15,19)(H,16,18). The van der Waals surface area contributed by atoms with Crippen molar-refractivity contribution >= 4 is 17.4 Å². The Balaban J connectivity index is 2.18. The van der Waals surface area contributed by atoms with Gasteiger partial charge in [-0.15, -0.1) is 10.2 Å². The van der Waals surface area contributed by atoms with Gasteiger partial charge in [-0.25, -0.2) is 14.6 Å². The van der Waals surface area contributed by atoms with Crippen LogP contribution in [-0.2, 0) is 0 Å². The van der Waals surface area contributed by atoms with E-state index in [0.717, 1.165) is 6.07 Å². The molecule has 98 valence electrons. The summed E-state index contributed by atoms with van der Waals surface area (Å²) >= 11 is 0. The molecule has 1 aromatic heterocycles. The third kappa shape index (κ3) is 2.80. The fourth-order valence-corrected chi connectivity index (χ4v) is 1.32. The first-order valence-electron chi connectivity index (χ1n) is 5.17. The normalized spacial score (nSPS) is 10.1. The van der Waals surface area contributed by atoms with Crippen LogP contribution >= 0.6 is 0 Å². The lowest BCUT2D eigenvalue weighted by molar-refractivity contribution is 0.102. The van der Waals surface area contributed by atoms with Gasteiger partial charge in [0, 0.05) is 0 Å². The highest BCUT2D eigenvalue weighted by Gasteiger charge is 2.13. The maximum absolute atomic E-state index is 13.3. The Morgan fingerprint density at radius 3 is 2.58 bits per heavy atom. The van der Waals surface area contributed by atoms with Crippen molar-refractivity contribution in [2.45, 2.75) is 0 Å². The zero-order valence-corrected chi connectivity index (χ0v) is 9.52. The number of carbonyl (C=O) groups is 1. The third-order valence-electron chi connectivity index (χ3n) is 2.24. The number of anilines is 2. The molecule has 0 aliphatic carbocycles. The van der Waals surface area contributed by atoms with Crippen molar-refractivity contribution < 1.29 is 13.6 Å². The Hall–Kier alpha value is -2.61. The number of amides is 1. The quantitative estimate of drug-likeness (QED) is 0.574. The van der Waals surface area contributed by atoms with Crippen LogP contribution < -0.4 is 16.6 Å². The monoisotopic (exact) mass is 265 g/mol. The van der Waals surface area contributed by atoms with Crippen LogP contribution in [0.2, 0.25) is 0 Å². The first-order chi connectivity index (χ1) is 9.11. The second-order valence-corrected chi connectivity index (χ2v) is 3.50. The van der Waals surface area contributed by atoms with E-state index in [1.54, 1.807) is 0 Å². The summed E-state index contributed by atoms with van der Waals surface area (Å²) in [6, 6.07) is 6.23. The number of hydrogen-bond donors (Lipinski definition) is 3. The molecule has 4 N–H and O–H groups in total. The highest BCUT2D eigenvalue weighted by Crippen LogP contribution is 2.17. The molecule has 0 spiro atoms. The van der Waals surface area contributed by atoms with Gasteiger partial charge in [-0.1, -0.05) is 6.07 Å². The summed E-state index contributed by atoms with van der Waals surface area (Å²) in [7, 11) is 0. The number of carbonyl (C=O) groups excluding carboxylic acids is 1. The van der Waals surface area contributed by atoms with Gasteiger partial charge in [-0.2, -0.15) is 0 Å². The van der Waals surface area contributed by atoms with E-state index in [2.05, 4.69) is 20.9 Å². The van der Waals surface area contributed by atoms with E-state index >= 15 is 0 Å². The largest absolute Gasteiger partial charge is 0.318 e. The molecule has 0 atom stereocenters. The van der Waals surface area contributed by atoms with Crippen LogP contribution in [0.4, 0.5) is 20.3 Å². The van der Waals surface area contributed by atoms with Crippen molar-refractivity contribution in [3.8, 4) is 0 Å². The Kier molecular flexibility index (Phi) is 3.62. The van der Waals surface area contributed by atoms with Gasteiger partial charge >= 0.3 is 0 Å². The molecule has 19 heavy (non-hydrogen) atoms. The van der Waals surface area contributed by atoms with Gasteiger partial charge in [0.15, 0.2) is 23.1 Å². The minimum absolute atomic E-state index is 0.0531. The summed E-state index contributed by atoms with van der Waals surface area (Å²) in [5, 5.41) is 9.36. The number of nitrogens with one attached hydrogen (secondary N) is 2. The number of nitrogen functional groups attached to an aromatic ring is 1. The van der Waals surface area contributed by atoms with Crippen molar-refractivity contribution in [2.24, 2.45) is 5.84 Å². The lowest BCUT2D eigenvalue weighted by Gasteiger charge is -2.06. The van der Waals surface area contributed by atoms with E-state index in [-0.39, 0.29) is 17.2 Å². The van der Waals surface area contributed by atoms with Gasteiger partial charge in [0.25, 0.3) is 5.91 Å². The molecule has 2 rings (SSSR count). The van der Waals surface area contributed by atoms with Gasteiger partial charge in [0.1, 0.15) is 0 Å². The number of hydrogen-bond acceptors (Lipinski definition) is 5. The second kappa shape index (κ2) is 5.36. The number of halogens is 2. The molecule has 0 bridgehead atoms. The summed E-state index contributed by atoms with van der Waals surface area (Å²) in [5.74, 6) is 2.47. The van der Waals surface area contributed by atoms with Crippen LogP contribution in [0.3, 0.4) is 0 Å². The first kappa shape index (κ1) is 12.8. The smallest absolute Gasteiger partial charge is 0.276 e. The number of benzene rings is 1. The van der Waals surface area contributed by atoms with Crippen LogP contribution in [-0.4, -0.2) is 16.1 Å². The maximum Gasteiger partial charge on any atom is 0.276 e. The van der Waals surface area contributed by atoms with E-state index in [9.17, 15) is 13.6 Å². The molecule has 0 aliphatic heterocycles. The summed E-state index contributed by atoms with van der Waals surface area (Å²) in [6.45, 7) is 0. The Morgan fingerprint density at radius 2 is 1.95 bits per heavy atom. The molecule has 0 saturated carbocycles. The van der Waals surface area contributed by atoms with Crippen LogP contribution in [0, 0.1) is 11.6 Å². The van der Waals surface area contributed by atoms with Gasteiger partial charge in [-0.3, -0.25) is 4.79 Å². The molecule has 1 amide bonds. The zero-order chi connectivity index (χ0) is 13.8.